The van der Waals surface area contributed by atoms with Crippen molar-refractivity contribution in [1.82, 2.24) is 0 Å². The van der Waals surface area contributed by atoms with Gasteiger partial charge in [-0.1, -0.05) is 11.6 Å². The molecule has 2 bridgehead atoms. The third-order valence-corrected chi connectivity index (χ3v) is 5.12. The first-order chi connectivity index (χ1) is 8.46. The quantitative estimate of drug-likeness (QED) is 0.767. The number of hydrogen-bond donors (Lipinski definition) is 1. The molecule has 0 amide bonds. The van der Waals surface area contributed by atoms with E-state index >= 15 is 0 Å². The lowest BCUT2D eigenvalue weighted by atomic mass is 9.70. The molecule has 5 atom stereocenters. The molecule has 2 saturated heterocycles. The average molecular weight is 252 g/mol. The van der Waals surface area contributed by atoms with Crippen molar-refractivity contribution in [2.45, 2.75) is 69.9 Å². The maximum absolute atomic E-state index is 9.91. The van der Waals surface area contributed by atoms with Crippen molar-refractivity contribution in [2.75, 3.05) is 6.61 Å². The van der Waals surface area contributed by atoms with Crippen molar-refractivity contribution in [3.05, 3.63) is 11.6 Å². The van der Waals surface area contributed by atoms with E-state index in [1.807, 2.05) is 0 Å². The van der Waals surface area contributed by atoms with Crippen molar-refractivity contribution >= 4 is 0 Å². The maximum atomic E-state index is 9.91. The summed E-state index contributed by atoms with van der Waals surface area (Å²) >= 11 is 0. The van der Waals surface area contributed by atoms with Crippen LogP contribution in [0.2, 0.25) is 0 Å². The Morgan fingerprint density at radius 1 is 1.44 bits per heavy atom. The van der Waals surface area contributed by atoms with Crippen molar-refractivity contribution < 1.29 is 14.6 Å². The summed E-state index contributed by atoms with van der Waals surface area (Å²) in [7, 11) is 0. The van der Waals surface area contributed by atoms with E-state index in [1.165, 1.54) is 5.57 Å². The van der Waals surface area contributed by atoms with E-state index in [9.17, 15) is 5.11 Å². The van der Waals surface area contributed by atoms with Gasteiger partial charge in [0.15, 0.2) is 0 Å². The van der Waals surface area contributed by atoms with Crippen molar-refractivity contribution in [2.24, 2.45) is 5.92 Å². The van der Waals surface area contributed by atoms with Crippen LogP contribution in [-0.2, 0) is 9.47 Å². The summed E-state index contributed by atoms with van der Waals surface area (Å²) in [5.74, 6) is 0.365. The molecular formula is C15H24O3. The average Bonchev–Trinajstić information content (AvgIpc) is 2.73. The lowest BCUT2D eigenvalue weighted by Gasteiger charge is -2.36. The van der Waals surface area contributed by atoms with Gasteiger partial charge in [-0.05, 0) is 46.5 Å². The fourth-order valence-electron chi connectivity index (χ4n) is 4.01. The van der Waals surface area contributed by atoms with Crippen LogP contribution in [0.1, 0.15) is 46.5 Å². The summed E-state index contributed by atoms with van der Waals surface area (Å²) in [5.41, 5.74) is 1.02. The highest BCUT2D eigenvalue weighted by molar-refractivity contribution is 5.17. The Kier molecular flexibility index (Phi) is 2.85. The molecule has 18 heavy (non-hydrogen) atoms. The lowest BCUT2D eigenvalue weighted by molar-refractivity contribution is -0.176. The summed E-state index contributed by atoms with van der Waals surface area (Å²) in [4.78, 5) is 0. The van der Waals surface area contributed by atoms with Crippen LogP contribution < -0.4 is 0 Å². The Labute approximate surface area is 109 Å². The van der Waals surface area contributed by atoms with Gasteiger partial charge in [0, 0.05) is 5.92 Å². The minimum Gasteiger partial charge on any atom is -0.393 e. The first-order valence-electron chi connectivity index (χ1n) is 7.09. The van der Waals surface area contributed by atoms with E-state index in [1.54, 1.807) is 0 Å². The molecule has 1 aliphatic carbocycles. The Morgan fingerprint density at radius 3 is 2.94 bits per heavy atom. The third-order valence-electron chi connectivity index (χ3n) is 5.12. The van der Waals surface area contributed by atoms with E-state index in [4.69, 9.17) is 9.47 Å². The van der Waals surface area contributed by atoms with Crippen LogP contribution in [0, 0.1) is 5.92 Å². The maximum Gasteiger partial charge on any atom is 0.0978 e. The summed E-state index contributed by atoms with van der Waals surface area (Å²) in [5, 5.41) is 9.91. The van der Waals surface area contributed by atoms with E-state index < -0.39 is 0 Å². The first-order valence-corrected chi connectivity index (χ1v) is 7.09. The molecule has 0 aromatic carbocycles. The SMILES string of the molecule is CC(C)=CCC1OC23CCC(O)CC2[C@]1(C)OC3. The van der Waals surface area contributed by atoms with Gasteiger partial charge in [0.25, 0.3) is 0 Å². The molecule has 2 aliphatic heterocycles. The molecule has 102 valence electrons. The number of rotatable bonds is 2. The number of aliphatic hydroxyl groups excluding tert-OH is 1. The summed E-state index contributed by atoms with van der Waals surface area (Å²) in [6, 6.07) is 0. The molecule has 3 fully saturated rings. The van der Waals surface area contributed by atoms with Gasteiger partial charge in [-0.2, -0.15) is 0 Å². The minimum absolute atomic E-state index is 0.103. The predicted octanol–water partition coefficient (Wildman–Crippen LogP) is 2.43. The second-order valence-corrected chi connectivity index (χ2v) is 6.64. The molecular weight excluding hydrogens is 228 g/mol. The molecule has 1 saturated carbocycles. The van der Waals surface area contributed by atoms with Crippen molar-refractivity contribution in [3.63, 3.8) is 0 Å². The zero-order chi connectivity index (χ0) is 13.0. The van der Waals surface area contributed by atoms with Gasteiger partial charge < -0.3 is 14.6 Å². The van der Waals surface area contributed by atoms with Crippen LogP contribution in [0.5, 0.6) is 0 Å². The normalized spacial score (nSPS) is 50.1. The van der Waals surface area contributed by atoms with Crippen LogP contribution in [0.4, 0.5) is 0 Å². The zero-order valence-corrected chi connectivity index (χ0v) is 11.6. The van der Waals surface area contributed by atoms with Gasteiger partial charge in [-0.25, -0.2) is 0 Å². The Bertz CT molecular complexity index is 374. The molecule has 0 aromatic rings. The monoisotopic (exact) mass is 252 g/mol. The number of allylic oxidation sites excluding steroid dienone is 1. The van der Waals surface area contributed by atoms with Crippen molar-refractivity contribution in [1.29, 1.82) is 0 Å². The van der Waals surface area contributed by atoms with Gasteiger partial charge in [0.1, 0.15) is 0 Å². The predicted molar refractivity (Wildman–Crippen MR) is 69.4 cm³/mol. The zero-order valence-electron chi connectivity index (χ0n) is 11.6. The minimum atomic E-state index is -0.201. The number of aliphatic hydroxyl groups is 1. The van der Waals surface area contributed by atoms with Crippen molar-refractivity contribution in [3.8, 4) is 0 Å². The van der Waals surface area contributed by atoms with Crippen LogP contribution in [0.15, 0.2) is 11.6 Å². The third kappa shape index (κ3) is 1.68. The molecule has 1 N–H and O–H groups in total. The van der Waals surface area contributed by atoms with Gasteiger partial charge >= 0.3 is 0 Å². The summed E-state index contributed by atoms with van der Waals surface area (Å²) in [6.45, 7) is 7.12. The van der Waals surface area contributed by atoms with Gasteiger partial charge in [-0.15, -0.1) is 0 Å². The molecule has 0 spiro atoms. The lowest BCUT2D eigenvalue weighted by Crippen LogP contribution is -2.43. The molecule has 3 heteroatoms. The molecule has 3 aliphatic rings. The summed E-state index contributed by atoms with van der Waals surface area (Å²) in [6.07, 6.45) is 5.77. The van der Waals surface area contributed by atoms with Crippen LogP contribution >= 0.6 is 0 Å². The molecule has 4 unspecified atom stereocenters. The number of hydrogen-bond acceptors (Lipinski definition) is 3. The molecule has 0 aromatic heterocycles. The second-order valence-electron chi connectivity index (χ2n) is 6.64. The topological polar surface area (TPSA) is 38.7 Å². The van der Waals surface area contributed by atoms with E-state index in [0.717, 1.165) is 25.7 Å². The fourth-order valence-corrected chi connectivity index (χ4v) is 4.01. The highest BCUT2D eigenvalue weighted by Crippen LogP contribution is 2.58. The molecule has 2 heterocycles. The standard InChI is InChI=1S/C15H24O3/c1-10(2)4-5-13-14(3)12-8-11(16)6-7-15(12,18-13)9-17-14/h4,11-13,16H,5-9H2,1-3H3/t11?,12?,13?,14-,15?/m0/s1. The van der Waals surface area contributed by atoms with Gasteiger partial charge in [0.05, 0.1) is 30.0 Å². The van der Waals surface area contributed by atoms with Crippen LogP contribution in [0.3, 0.4) is 0 Å². The molecule has 0 radical (unpaired) electrons. The van der Waals surface area contributed by atoms with Crippen LogP contribution in [-0.4, -0.2) is 35.1 Å². The Hall–Kier alpha value is -0.380. The number of ether oxygens (including phenoxy) is 2. The fraction of sp³-hybridized carbons (Fsp3) is 0.867. The Morgan fingerprint density at radius 2 is 2.22 bits per heavy atom. The highest BCUT2D eigenvalue weighted by atomic mass is 16.6. The highest BCUT2D eigenvalue weighted by Gasteiger charge is 2.68. The van der Waals surface area contributed by atoms with E-state index in [-0.39, 0.29) is 23.4 Å². The first kappa shape index (κ1) is 12.6. The second kappa shape index (κ2) is 4.06. The Balaban J connectivity index is 1.84. The summed E-state index contributed by atoms with van der Waals surface area (Å²) < 4.78 is 12.5. The van der Waals surface area contributed by atoms with Crippen LogP contribution in [0.25, 0.3) is 0 Å². The largest absolute Gasteiger partial charge is 0.393 e. The molecule has 3 nitrogen and oxygen atoms in total. The molecule has 3 rings (SSSR count). The van der Waals surface area contributed by atoms with Gasteiger partial charge in [0.2, 0.25) is 0 Å². The van der Waals surface area contributed by atoms with Gasteiger partial charge in [-0.3, -0.25) is 0 Å². The van der Waals surface area contributed by atoms with E-state index in [0.29, 0.717) is 12.5 Å². The smallest absolute Gasteiger partial charge is 0.0978 e. The van der Waals surface area contributed by atoms with E-state index in [2.05, 4.69) is 26.8 Å².